The Hall–Kier alpha value is -0.520. The van der Waals surface area contributed by atoms with E-state index in [0.717, 1.165) is 30.7 Å². The molecule has 1 aromatic heterocycles. The molecule has 2 heterocycles. The lowest BCUT2D eigenvalue weighted by atomic mass is 10.3. The minimum atomic E-state index is -1.10. The Morgan fingerprint density at radius 1 is 1.56 bits per heavy atom. The van der Waals surface area contributed by atoms with E-state index in [4.69, 9.17) is 4.74 Å². The number of hydrogen-bond acceptors (Lipinski definition) is 4. The van der Waals surface area contributed by atoms with Crippen molar-refractivity contribution in [3.8, 4) is 0 Å². The van der Waals surface area contributed by atoms with E-state index in [-0.39, 0.29) is 17.6 Å². The molecule has 3 nitrogen and oxygen atoms in total. The number of hydrogen-bond donors (Lipinski definition) is 0. The molecule has 5 heteroatoms. The van der Waals surface area contributed by atoms with Crippen molar-refractivity contribution in [2.24, 2.45) is 0 Å². The van der Waals surface area contributed by atoms with Crippen molar-refractivity contribution in [1.29, 1.82) is 0 Å². The summed E-state index contributed by atoms with van der Waals surface area (Å²) in [5.74, 6) is 0.623. The van der Waals surface area contributed by atoms with Gasteiger partial charge in [0.05, 0.1) is 22.5 Å². The van der Waals surface area contributed by atoms with Gasteiger partial charge in [0.2, 0.25) is 0 Å². The highest BCUT2D eigenvalue weighted by Gasteiger charge is 2.20. The summed E-state index contributed by atoms with van der Waals surface area (Å²) in [4.78, 5) is 13.9. The van der Waals surface area contributed by atoms with Crippen molar-refractivity contribution in [2.75, 3.05) is 18.1 Å². The third kappa shape index (κ3) is 3.73. The topological polar surface area (TPSA) is 43.4 Å². The second-order valence-corrected chi connectivity index (χ2v) is 7.10. The zero-order valence-corrected chi connectivity index (χ0v) is 12.1. The maximum Gasteiger partial charge on any atom is 0.185 e. The molecule has 2 rings (SSSR count). The monoisotopic (exact) mass is 286 g/mol. The van der Waals surface area contributed by atoms with Gasteiger partial charge in [-0.25, -0.2) is 0 Å². The zero-order chi connectivity index (χ0) is 13.0. The number of carbonyl (C=O) groups excluding carboxylic acids is 1. The Kier molecular flexibility index (Phi) is 5.09. The molecule has 1 aliphatic rings. The van der Waals surface area contributed by atoms with Gasteiger partial charge >= 0.3 is 0 Å². The van der Waals surface area contributed by atoms with Crippen LogP contribution in [0.25, 0.3) is 0 Å². The number of thiophene rings is 1. The Balaban J connectivity index is 1.84. The maximum absolute atomic E-state index is 11.9. The van der Waals surface area contributed by atoms with Gasteiger partial charge in [0, 0.05) is 22.3 Å². The zero-order valence-electron chi connectivity index (χ0n) is 10.5. The van der Waals surface area contributed by atoms with E-state index in [2.05, 4.69) is 6.92 Å². The van der Waals surface area contributed by atoms with Crippen LogP contribution in [-0.4, -0.2) is 34.2 Å². The van der Waals surface area contributed by atoms with Crippen LogP contribution < -0.4 is 0 Å². The number of ketones is 1. The van der Waals surface area contributed by atoms with Crippen molar-refractivity contribution < 1.29 is 13.7 Å². The van der Waals surface area contributed by atoms with Gasteiger partial charge < -0.3 is 4.74 Å². The Labute approximate surface area is 114 Å². The van der Waals surface area contributed by atoms with Crippen molar-refractivity contribution in [3.63, 3.8) is 0 Å². The second kappa shape index (κ2) is 6.59. The fourth-order valence-electron chi connectivity index (χ4n) is 1.98. The lowest BCUT2D eigenvalue weighted by Gasteiger charge is -2.07. The van der Waals surface area contributed by atoms with Crippen LogP contribution in [0.5, 0.6) is 0 Å². The third-order valence-electron chi connectivity index (χ3n) is 2.97. The summed E-state index contributed by atoms with van der Waals surface area (Å²) in [5.41, 5.74) is 0. The van der Waals surface area contributed by atoms with Gasteiger partial charge in [-0.2, -0.15) is 0 Å². The summed E-state index contributed by atoms with van der Waals surface area (Å²) in [5, 5.41) is 0. The van der Waals surface area contributed by atoms with Crippen LogP contribution in [0, 0.1) is 0 Å². The van der Waals surface area contributed by atoms with Gasteiger partial charge in [0.15, 0.2) is 5.78 Å². The molecule has 0 radical (unpaired) electrons. The summed E-state index contributed by atoms with van der Waals surface area (Å²) in [6, 6.07) is 3.82. The first-order chi connectivity index (χ1) is 8.69. The van der Waals surface area contributed by atoms with E-state index >= 15 is 0 Å². The van der Waals surface area contributed by atoms with Crippen LogP contribution in [0.15, 0.2) is 12.1 Å². The Morgan fingerprint density at radius 3 is 3.00 bits per heavy atom. The molecule has 0 amide bonds. The highest BCUT2D eigenvalue weighted by molar-refractivity contribution is 7.85. The lowest BCUT2D eigenvalue weighted by molar-refractivity contribution is 0.102. The van der Waals surface area contributed by atoms with Crippen molar-refractivity contribution in [2.45, 2.75) is 32.3 Å². The molecule has 0 bridgehead atoms. The van der Waals surface area contributed by atoms with Crippen LogP contribution in [0.2, 0.25) is 0 Å². The quantitative estimate of drug-likeness (QED) is 0.754. The van der Waals surface area contributed by atoms with Crippen LogP contribution >= 0.6 is 11.3 Å². The first-order valence-electron chi connectivity index (χ1n) is 6.27. The number of Topliss-reactive ketones (excluding diaryl/α,β-unsaturated/α-hetero) is 1. The van der Waals surface area contributed by atoms with Crippen molar-refractivity contribution in [3.05, 3.63) is 21.9 Å². The molecule has 1 aromatic rings. The van der Waals surface area contributed by atoms with Crippen molar-refractivity contribution in [1.82, 2.24) is 0 Å². The molecule has 100 valence electrons. The molecule has 2 unspecified atom stereocenters. The molecule has 0 aliphatic carbocycles. The summed E-state index contributed by atoms with van der Waals surface area (Å²) in [6.07, 6.45) is 3.05. The van der Waals surface area contributed by atoms with E-state index in [9.17, 15) is 9.00 Å². The fraction of sp³-hybridized carbons (Fsp3) is 0.615. The largest absolute Gasteiger partial charge is 0.377 e. The number of carbonyl (C=O) groups is 1. The molecular formula is C13H18O3S2. The first-order valence-corrected chi connectivity index (χ1v) is 8.58. The first kappa shape index (κ1) is 13.9. The van der Waals surface area contributed by atoms with E-state index in [1.165, 1.54) is 16.2 Å². The predicted molar refractivity (Wildman–Crippen MR) is 74.9 cm³/mol. The SMILES string of the molecule is CCc1ccc(C(=O)CS(=O)CC2CCCO2)s1. The van der Waals surface area contributed by atoms with Gasteiger partial charge in [-0.3, -0.25) is 9.00 Å². The van der Waals surface area contributed by atoms with Gasteiger partial charge in [-0.1, -0.05) is 6.92 Å². The molecule has 0 aromatic carbocycles. The molecule has 1 saturated heterocycles. The summed E-state index contributed by atoms with van der Waals surface area (Å²) in [6.45, 7) is 2.83. The Bertz CT molecular complexity index is 433. The van der Waals surface area contributed by atoms with Gasteiger partial charge in [-0.15, -0.1) is 11.3 Å². The molecule has 0 saturated carbocycles. The summed E-state index contributed by atoms with van der Waals surface area (Å²) in [7, 11) is -1.10. The highest BCUT2D eigenvalue weighted by atomic mass is 32.2. The average Bonchev–Trinajstić information content (AvgIpc) is 2.98. The predicted octanol–water partition coefficient (Wildman–Crippen LogP) is 2.42. The third-order valence-corrected chi connectivity index (χ3v) is 5.57. The maximum atomic E-state index is 11.9. The van der Waals surface area contributed by atoms with E-state index < -0.39 is 10.8 Å². The van der Waals surface area contributed by atoms with Gasteiger partial charge in [-0.05, 0) is 31.4 Å². The highest BCUT2D eigenvalue weighted by Crippen LogP contribution is 2.18. The van der Waals surface area contributed by atoms with Gasteiger partial charge in [0.25, 0.3) is 0 Å². The minimum absolute atomic E-state index is 0.00368. The Morgan fingerprint density at radius 2 is 2.39 bits per heavy atom. The molecular weight excluding hydrogens is 268 g/mol. The van der Waals surface area contributed by atoms with Crippen molar-refractivity contribution >= 4 is 27.9 Å². The average molecular weight is 286 g/mol. The number of rotatable bonds is 6. The number of aryl methyl sites for hydroxylation is 1. The summed E-state index contributed by atoms with van der Waals surface area (Å²) < 4.78 is 17.3. The smallest absolute Gasteiger partial charge is 0.185 e. The van der Waals surface area contributed by atoms with Gasteiger partial charge in [0.1, 0.15) is 0 Å². The van der Waals surface area contributed by atoms with Crippen LogP contribution in [-0.2, 0) is 22.0 Å². The van der Waals surface area contributed by atoms with Crippen LogP contribution in [0.1, 0.15) is 34.3 Å². The molecule has 2 atom stereocenters. The van der Waals surface area contributed by atoms with E-state index in [1.54, 1.807) is 0 Å². The molecule has 0 spiro atoms. The number of ether oxygens (including phenoxy) is 1. The second-order valence-electron chi connectivity index (χ2n) is 4.43. The van der Waals surface area contributed by atoms with Crippen LogP contribution in [0.3, 0.4) is 0 Å². The molecule has 18 heavy (non-hydrogen) atoms. The van der Waals surface area contributed by atoms with Crippen LogP contribution in [0.4, 0.5) is 0 Å². The fourth-order valence-corrected chi connectivity index (χ4v) is 4.20. The van der Waals surface area contributed by atoms with E-state index in [0.29, 0.717) is 5.75 Å². The molecule has 1 aliphatic heterocycles. The van der Waals surface area contributed by atoms with E-state index in [1.807, 2.05) is 12.1 Å². The normalized spacial score (nSPS) is 21.1. The standard InChI is InChI=1S/C13H18O3S2/c1-2-11-5-6-13(17-11)12(14)9-18(15)8-10-4-3-7-16-10/h5-6,10H,2-4,7-9H2,1H3. The minimum Gasteiger partial charge on any atom is -0.377 e. The molecule has 1 fully saturated rings. The lowest BCUT2D eigenvalue weighted by Crippen LogP contribution is -2.20. The summed E-state index contributed by atoms with van der Waals surface area (Å²) >= 11 is 1.51. The molecule has 0 N–H and O–H groups in total.